The van der Waals surface area contributed by atoms with E-state index < -0.39 is 20.3 Å². The molecule has 48 heavy (non-hydrogen) atoms. The first-order valence-electron chi connectivity index (χ1n) is 20.6. The van der Waals surface area contributed by atoms with Gasteiger partial charge in [-0.1, -0.05) is 86.3 Å². The van der Waals surface area contributed by atoms with Crippen LogP contribution in [0.2, 0.25) is 18.1 Å². The first-order valence-corrected chi connectivity index (χ1v) is 23.2. The summed E-state index contributed by atoms with van der Waals surface area (Å²) in [4.78, 5) is 0. The van der Waals surface area contributed by atoms with Crippen molar-refractivity contribution < 1.29 is 19.7 Å². The lowest BCUT2D eigenvalue weighted by molar-refractivity contribution is -0.0554. The van der Waals surface area contributed by atoms with Crippen LogP contribution in [0.3, 0.4) is 0 Å². The van der Waals surface area contributed by atoms with Crippen LogP contribution in [0.1, 0.15) is 139 Å². The molecule has 0 heterocycles. The first kappa shape index (κ1) is 40.1. The van der Waals surface area contributed by atoms with Crippen molar-refractivity contribution in [1.29, 1.82) is 0 Å². The topological polar surface area (TPSA) is 58.9 Å². The second kappa shape index (κ2) is 18.2. The molecule has 0 aliphatic heterocycles. The minimum absolute atomic E-state index is 0.287. The van der Waals surface area contributed by atoms with Gasteiger partial charge in [-0.25, -0.2) is 0 Å². The molecule has 0 amide bonds. The SMILES string of the molecule is CC[Si](C#CCC(O)COCCOCC(O)CC1CC[C@@]2(C)C(=CC[C@H]3[C@@H]4CC[C@H]([C@H](C)CCCC(C)C)[C@@]4(C)CC[C@@H]32)C1)(CC)CC. The van der Waals surface area contributed by atoms with Gasteiger partial charge in [0.25, 0.3) is 0 Å². The molecule has 4 nitrogen and oxygen atoms in total. The average molecular weight is 685 g/mol. The lowest BCUT2D eigenvalue weighted by atomic mass is 9.46. The molecule has 3 unspecified atom stereocenters. The molecule has 2 N–H and O–H groups in total. The quantitative estimate of drug-likeness (QED) is 0.0653. The Labute approximate surface area is 298 Å². The van der Waals surface area contributed by atoms with Gasteiger partial charge >= 0.3 is 0 Å². The lowest BCUT2D eigenvalue weighted by Gasteiger charge is -2.58. The summed E-state index contributed by atoms with van der Waals surface area (Å²) in [5, 5.41) is 21.1. The maximum atomic E-state index is 10.9. The van der Waals surface area contributed by atoms with Crippen LogP contribution in [0.5, 0.6) is 0 Å². The molecule has 10 atom stereocenters. The number of ether oxygens (including phenoxy) is 2. The summed E-state index contributed by atoms with van der Waals surface area (Å²) in [6, 6.07) is 3.54. The van der Waals surface area contributed by atoms with E-state index in [0.29, 0.717) is 43.0 Å². The second-order valence-corrected chi connectivity index (χ2v) is 22.9. The maximum Gasteiger partial charge on any atom is 0.137 e. The van der Waals surface area contributed by atoms with Gasteiger partial charge in [-0.15, -0.1) is 11.5 Å². The minimum atomic E-state index is -1.46. The van der Waals surface area contributed by atoms with Crippen LogP contribution >= 0.6 is 0 Å². The van der Waals surface area contributed by atoms with Crippen LogP contribution < -0.4 is 0 Å². The molecule has 4 aliphatic rings. The summed E-state index contributed by atoms with van der Waals surface area (Å²) in [7, 11) is -1.46. The number of allylic oxidation sites excluding steroid dienone is 2. The van der Waals surface area contributed by atoms with Crippen LogP contribution in [-0.4, -0.2) is 56.9 Å². The Morgan fingerprint density at radius 1 is 0.875 bits per heavy atom. The summed E-state index contributed by atoms with van der Waals surface area (Å²) >= 11 is 0. The Kier molecular flexibility index (Phi) is 15.2. The number of hydrogen-bond acceptors (Lipinski definition) is 4. The standard InChI is InChI=1S/C43H76O4Si/c1-9-48(10-2,11-3)27-13-16-36(44)30-46-25-26-47-31-37(45)29-34-21-23-42(7)35(28-34)17-18-38-40-20-19-39(33(6)15-12-14-32(4)5)43(40,8)24-22-41(38)42/h17,32-34,36-41,44-45H,9-12,14-16,18-26,28-31H2,1-8H3/t33-,34?,36?,37?,38+,39-,40+,41+,42+,43-/m1/s1. The van der Waals surface area contributed by atoms with Gasteiger partial charge in [0.1, 0.15) is 8.07 Å². The van der Waals surface area contributed by atoms with E-state index in [2.05, 4.69) is 72.9 Å². The first-order chi connectivity index (χ1) is 22.9. The van der Waals surface area contributed by atoms with Gasteiger partial charge in [0.15, 0.2) is 0 Å². The molecule has 3 fully saturated rings. The third-order valence-electron chi connectivity index (χ3n) is 14.7. The summed E-state index contributed by atoms with van der Waals surface area (Å²) in [6.07, 6.45) is 18.0. The Morgan fingerprint density at radius 3 is 2.23 bits per heavy atom. The molecule has 0 spiro atoms. The monoisotopic (exact) mass is 685 g/mol. The largest absolute Gasteiger partial charge is 0.391 e. The Balaban J connectivity index is 1.17. The van der Waals surface area contributed by atoms with E-state index in [1.165, 1.54) is 82.3 Å². The third kappa shape index (κ3) is 9.61. The molecule has 3 saturated carbocycles. The number of aliphatic hydroxyl groups excluding tert-OH is 2. The summed E-state index contributed by atoms with van der Waals surface area (Å²) in [5.74, 6) is 9.07. The fraction of sp³-hybridized carbons (Fsp3) is 0.907. The van der Waals surface area contributed by atoms with Gasteiger partial charge in [-0.05, 0) is 128 Å². The highest BCUT2D eigenvalue weighted by atomic mass is 28.3. The van der Waals surface area contributed by atoms with E-state index in [4.69, 9.17) is 9.47 Å². The van der Waals surface area contributed by atoms with Gasteiger partial charge in [0.05, 0.1) is 38.6 Å². The molecule has 0 aromatic carbocycles. The van der Waals surface area contributed by atoms with Crippen LogP contribution in [0.4, 0.5) is 0 Å². The van der Waals surface area contributed by atoms with Crippen LogP contribution in [0.15, 0.2) is 11.6 Å². The predicted octanol–water partition coefficient (Wildman–Crippen LogP) is 10.2. The highest BCUT2D eigenvalue weighted by Crippen LogP contribution is 2.67. The van der Waals surface area contributed by atoms with Crippen molar-refractivity contribution >= 4 is 8.07 Å². The van der Waals surface area contributed by atoms with E-state index in [-0.39, 0.29) is 6.61 Å². The normalized spacial score (nSPS) is 33.6. The van der Waals surface area contributed by atoms with Crippen molar-refractivity contribution in [3.8, 4) is 11.5 Å². The van der Waals surface area contributed by atoms with Crippen LogP contribution in [0, 0.1) is 63.7 Å². The Hall–Kier alpha value is -0.643. The van der Waals surface area contributed by atoms with Crippen molar-refractivity contribution in [2.24, 2.45) is 52.3 Å². The third-order valence-corrected chi connectivity index (χ3v) is 19.5. The summed E-state index contributed by atoms with van der Waals surface area (Å²) in [6.45, 7) is 20.9. The Bertz CT molecular complexity index is 1060. The molecule has 0 aromatic rings. The van der Waals surface area contributed by atoms with E-state index in [9.17, 15) is 10.2 Å². The fourth-order valence-electron chi connectivity index (χ4n) is 11.4. The summed E-state index contributed by atoms with van der Waals surface area (Å²) < 4.78 is 11.5. The molecular weight excluding hydrogens is 609 g/mol. The number of hydrogen-bond donors (Lipinski definition) is 2. The average Bonchev–Trinajstić information content (AvgIpc) is 3.42. The molecule has 0 radical (unpaired) electrons. The van der Waals surface area contributed by atoms with Crippen molar-refractivity contribution in [3.63, 3.8) is 0 Å². The molecule has 0 bridgehead atoms. The minimum Gasteiger partial charge on any atom is -0.391 e. The van der Waals surface area contributed by atoms with E-state index in [0.717, 1.165) is 48.3 Å². The Morgan fingerprint density at radius 2 is 1.56 bits per heavy atom. The van der Waals surface area contributed by atoms with Gasteiger partial charge < -0.3 is 19.7 Å². The molecule has 276 valence electrons. The van der Waals surface area contributed by atoms with Crippen molar-refractivity contribution in [1.82, 2.24) is 0 Å². The van der Waals surface area contributed by atoms with Crippen molar-refractivity contribution in [2.45, 2.75) is 169 Å². The van der Waals surface area contributed by atoms with Crippen LogP contribution in [-0.2, 0) is 9.47 Å². The number of rotatable bonds is 18. The van der Waals surface area contributed by atoms with Crippen molar-refractivity contribution in [3.05, 3.63) is 11.6 Å². The number of aliphatic hydroxyl groups is 2. The lowest BCUT2D eigenvalue weighted by Crippen LogP contribution is -2.50. The predicted molar refractivity (Wildman–Crippen MR) is 204 cm³/mol. The molecule has 5 heteroatoms. The molecule has 0 aromatic heterocycles. The van der Waals surface area contributed by atoms with E-state index >= 15 is 0 Å². The van der Waals surface area contributed by atoms with E-state index in [1.54, 1.807) is 5.57 Å². The van der Waals surface area contributed by atoms with E-state index in [1.807, 2.05) is 0 Å². The number of fused-ring (bicyclic) bond motifs is 5. The zero-order chi connectivity index (χ0) is 35.0. The van der Waals surface area contributed by atoms with Gasteiger partial charge in [0, 0.05) is 6.42 Å². The molecule has 4 aliphatic carbocycles. The van der Waals surface area contributed by atoms with Crippen molar-refractivity contribution in [2.75, 3.05) is 26.4 Å². The smallest absolute Gasteiger partial charge is 0.137 e. The van der Waals surface area contributed by atoms with Gasteiger partial charge in [-0.3, -0.25) is 0 Å². The molecule has 4 rings (SSSR count). The van der Waals surface area contributed by atoms with Gasteiger partial charge in [0.2, 0.25) is 0 Å². The highest BCUT2D eigenvalue weighted by Gasteiger charge is 2.59. The highest BCUT2D eigenvalue weighted by molar-refractivity contribution is 6.87. The fourth-order valence-corrected chi connectivity index (χ4v) is 13.9. The zero-order valence-electron chi connectivity index (χ0n) is 32.6. The summed E-state index contributed by atoms with van der Waals surface area (Å²) in [5.41, 5.74) is 6.17. The maximum absolute atomic E-state index is 10.9. The van der Waals surface area contributed by atoms with Crippen LogP contribution in [0.25, 0.3) is 0 Å². The second-order valence-electron chi connectivity index (χ2n) is 17.9. The molecular formula is C43H76O4Si. The molecule has 0 saturated heterocycles. The zero-order valence-corrected chi connectivity index (χ0v) is 33.6. The van der Waals surface area contributed by atoms with Gasteiger partial charge in [-0.2, -0.15) is 0 Å².